The van der Waals surface area contributed by atoms with E-state index in [2.05, 4.69) is 10.4 Å². The van der Waals surface area contributed by atoms with Crippen molar-refractivity contribution in [2.75, 3.05) is 5.32 Å². The highest BCUT2D eigenvalue weighted by Gasteiger charge is 2.22. The van der Waals surface area contributed by atoms with Crippen molar-refractivity contribution in [3.05, 3.63) is 65.9 Å². The van der Waals surface area contributed by atoms with Gasteiger partial charge in [-0.25, -0.2) is 0 Å². The van der Waals surface area contributed by atoms with Crippen LogP contribution in [0.2, 0.25) is 0 Å². The smallest absolute Gasteiger partial charge is 0.291 e. The van der Waals surface area contributed by atoms with E-state index < -0.39 is 0 Å². The highest BCUT2D eigenvalue weighted by Crippen LogP contribution is 2.30. The fourth-order valence-electron chi connectivity index (χ4n) is 2.73. The summed E-state index contributed by atoms with van der Waals surface area (Å²) in [6, 6.07) is 11.2. The van der Waals surface area contributed by atoms with Gasteiger partial charge in [0, 0.05) is 12.7 Å². The van der Waals surface area contributed by atoms with Crippen LogP contribution in [0.3, 0.4) is 0 Å². The van der Waals surface area contributed by atoms with Crippen molar-refractivity contribution in [1.82, 2.24) is 9.78 Å². The zero-order valence-electron chi connectivity index (χ0n) is 14.6. The Bertz CT molecular complexity index is 908. The van der Waals surface area contributed by atoms with Crippen molar-refractivity contribution in [2.45, 2.75) is 32.9 Å². The van der Waals surface area contributed by atoms with Crippen LogP contribution in [0.25, 0.3) is 0 Å². The van der Waals surface area contributed by atoms with Gasteiger partial charge in [0.15, 0.2) is 5.76 Å². The SMILES string of the molecule is Cc1ccccc1OCc1ccc(C(=O)Nc2cnn(CC3CC3)c2)o1. The maximum atomic E-state index is 12.3. The Morgan fingerprint density at radius 3 is 2.96 bits per heavy atom. The summed E-state index contributed by atoms with van der Waals surface area (Å²) < 4.78 is 13.2. The molecule has 1 fully saturated rings. The summed E-state index contributed by atoms with van der Waals surface area (Å²) in [5.41, 5.74) is 1.73. The molecule has 0 saturated heterocycles. The topological polar surface area (TPSA) is 69.3 Å². The van der Waals surface area contributed by atoms with Crippen molar-refractivity contribution >= 4 is 11.6 Å². The molecule has 0 radical (unpaired) electrons. The van der Waals surface area contributed by atoms with E-state index in [-0.39, 0.29) is 18.3 Å². The van der Waals surface area contributed by atoms with Crippen LogP contribution in [-0.4, -0.2) is 15.7 Å². The number of benzene rings is 1. The molecular weight excluding hydrogens is 330 g/mol. The van der Waals surface area contributed by atoms with E-state index in [4.69, 9.17) is 9.15 Å². The second kappa shape index (κ2) is 7.07. The summed E-state index contributed by atoms with van der Waals surface area (Å²) >= 11 is 0. The van der Waals surface area contributed by atoms with Crippen molar-refractivity contribution in [2.24, 2.45) is 5.92 Å². The molecule has 6 nitrogen and oxygen atoms in total. The zero-order chi connectivity index (χ0) is 17.9. The molecule has 1 aromatic carbocycles. The molecule has 26 heavy (non-hydrogen) atoms. The molecule has 1 aliphatic carbocycles. The summed E-state index contributed by atoms with van der Waals surface area (Å²) in [7, 11) is 0. The molecule has 0 atom stereocenters. The first-order valence-electron chi connectivity index (χ1n) is 8.78. The van der Waals surface area contributed by atoms with E-state index >= 15 is 0 Å². The fraction of sp³-hybridized carbons (Fsp3) is 0.300. The first-order valence-corrected chi connectivity index (χ1v) is 8.78. The summed E-state index contributed by atoms with van der Waals surface area (Å²) in [6.07, 6.45) is 6.04. The van der Waals surface area contributed by atoms with E-state index in [9.17, 15) is 4.79 Å². The van der Waals surface area contributed by atoms with Gasteiger partial charge in [-0.05, 0) is 49.4 Å². The molecular formula is C20H21N3O3. The van der Waals surface area contributed by atoms with Crippen molar-refractivity contribution in [3.8, 4) is 5.75 Å². The van der Waals surface area contributed by atoms with Crippen LogP contribution in [0.1, 0.15) is 34.7 Å². The number of nitrogens with zero attached hydrogens (tertiary/aromatic N) is 2. The molecule has 2 aromatic heterocycles. The number of para-hydroxylation sites is 1. The maximum absolute atomic E-state index is 12.3. The average Bonchev–Trinajstić information content (AvgIpc) is 3.14. The summed E-state index contributed by atoms with van der Waals surface area (Å²) in [5, 5.41) is 7.08. The van der Waals surface area contributed by atoms with Crippen molar-refractivity contribution in [1.29, 1.82) is 0 Å². The monoisotopic (exact) mass is 351 g/mol. The lowest BCUT2D eigenvalue weighted by Gasteiger charge is -2.06. The van der Waals surface area contributed by atoms with Crippen LogP contribution in [0, 0.1) is 12.8 Å². The van der Waals surface area contributed by atoms with Crippen molar-refractivity contribution in [3.63, 3.8) is 0 Å². The van der Waals surface area contributed by atoms with E-state index in [1.807, 2.05) is 42.1 Å². The number of hydrogen-bond donors (Lipinski definition) is 1. The number of anilines is 1. The number of aryl methyl sites for hydroxylation is 1. The average molecular weight is 351 g/mol. The second-order valence-electron chi connectivity index (χ2n) is 6.67. The number of furan rings is 1. The summed E-state index contributed by atoms with van der Waals surface area (Å²) in [4.78, 5) is 12.3. The molecule has 1 saturated carbocycles. The first kappa shape index (κ1) is 16.4. The Morgan fingerprint density at radius 2 is 2.15 bits per heavy atom. The number of rotatable bonds is 7. The zero-order valence-corrected chi connectivity index (χ0v) is 14.6. The van der Waals surface area contributed by atoms with E-state index in [1.54, 1.807) is 18.3 Å². The van der Waals surface area contributed by atoms with Crippen LogP contribution in [0.5, 0.6) is 5.75 Å². The van der Waals surface area contributed by atoms with Gasteiger partial charge in [0.1, 0.15) is 18.1 Å². The van der Waals surface area contributed by atoms with Gasteiger partial charge in [0.05, 0.1) is 11.9 Å². The predicted molar refractivity (Wildman–Crippen MR) is 97.1 cm³/mol. The number of hydrogen-bond acceptors (Lipinski definition) is 4. The van der Waals surface area contributed by atoms with Crippen molar-refractivity contribution < 1.29 is 13.9 Å². The highest BCUT2D eigenvalue weighted by molar-refractivity contribution is 6.02. The third kappa shape index (κ3) is 3.96. The number of carbonyl (C=O) groups excluding carboxylic acids is 1. The number of nitrogens with one attached hydrogen (secondary N) is 1. The Hall–Kier alpha value is -3.02. The Kier molecular flexibility index (Phi) is 4.48. The highest BCUT2D eigenvalue weighted by atomic mass is 16.5. The van der Waals surface area contributed by atoms with Gasteiger partial charge in [0.2, 0.25) is 0 Å². The van der Waals surface area contributed by atoms with Crippen LogP contribution in [0.4, 0.5) is 5.69 Å². The van der Waals surface area contributed by atoms with E-state index in [0.717, 1.165) is 23.8 Å². The molecule has 6 heteroatoms. The third-order valence-electron chi connectivity index (χ3n) is 4.38. The molecule has 4 rings (SSSR count). The van der Waals surface area contributed by atoms with Gasteiger partial charge in [0.25, 0.3) is 5.91 Å². The lowest BCUT2D eigenvalue weighted by atomic mass is 10.2. The Labute approximate surface area is 151 Å². The van der Waals surface area contributed by atoms with Gasteiger partial charge in [-0.2, -0.15) is 5.10 Å². The molecule has 1 aliphatic rings. The molecule has 1 amide bonds. The first-order chi connectivity index (χ1) is 12.7. The third-order valence-corrected chi connectivity index (χ3v) is 4.38. The minimum absolute atomic E-state index is 0.253. The van der Waals surface area contributed by atoms with Crippen LogP contribution >= 0.6 is 0 Å². The lowest BCUT2D eigenvalue weighted by molar-refractivity contribution is 0.0992. The molecule has 134 valence electrons. The van der Waals surface area contributed by atoms with E-state index in [1.165, 1.54) is 12.8 Å². The predicted octanol–water partition coefficient (Wildman–Crippen LogP) is 4.03. The Morgan fingerprint density at radius 1 is 1.31 bits per heavy atom. The standard InChI is InChI=1S/C20H21N3O3/c1-14-4-2-3-5-18(14)25-13-17-8-9-19(26-17)20(24)22-16-10-21-23(12-16)11-15-6-7-15/h2-5,8-10,12,15H,6-7,11,13H2,1H3,(H,22,24). The van der Waals surface area contributed by atoms with Gasteiger partial charge in [-0.15, -0.1) is 0 Å². The van der Waals surface area contributed by atoms with Gasteiger partial charge >= 0.3 is 0 Å². The molecule has 3 aromatic rings. The molecule has 0 unspecified atom stereocenters. The number of amides is 1. The summed E-state index contributed by atoms with van der Waals surface area (Å²) in [5.74, 6) is 2.10. The van der Waals surface area contributed by atoms with Crippen LogP contribution in [0.15, 0.2) is 53.2 Å². The number of ether oxygens (including phenoxy) is 1. The van der Waals surface area contributed by atoms with E-state index in [0.29, 0.717) is 11.4 Å². The second-order valence-corrected chi connectivity index (χ2v) is 6.67. The molecule has 0 aliphatic heterocycles. The Balaban J connectivity index is 1.33. The fourth-order valence-corrected chi connectivity index (χ4v) is 2.73. The van der Waals surface area contributed by atoms with Gasteiger partial charge < -0.3 is 14.5 Å². The van der Waals surface area contributed by atoms with Gasteiger partial charge in [-0.3, -0.25) is 9.48 Å². The molecule has 0 spiro atoms. The van der Waals surface area contributed by atoms with Gasteiger partial charge in [-0.1, -0.05) is 18.2 Å². The normalized spacial score (nSPS) is 13.6. The minimum atomic E-state index is -0.293. The quantitative estimate of drug-likeness (QED) is 0.698. The maximum Gasteiger partial charge on any atom is 0.291 e. The lowest BCUT2D eigenvalue weighted by Crippen LogP contribution is -2.10. The summed E-state index contributed by atoms with van der Waals surface area (Å²) in [6.45, 7) is 3.17. The minimum Gasteiger partial charge on any atom is -0.485 e. The molecule has 1 N–H and O–H groups in total. The van der Waals surface area contributed by atoms with Crippen LogP contribution in [-0.2, 0) is 13.2 Å². The number of aromatic nitrogens is 2. The van der Waals surface area contributed by atoms with Crippen LogP contribution < -0.4 is 10.1 Å². The number of carbonyl (C=O) groups is 1. The largest absolute Gasteiger partial charge is 0.485 e. The molecule has 0 bridgehead atoms. The molecule has 2 heterocycles.